The molecule has 0 saturated heterocycles. The fourth-order valence-electron chi connectivity index (χ4n) is 2.16. The Kier molecular flexibility index (Phi) is 3.99. The van der Waals surface area contributed by atoms with Gasteiger partial charge >= 0.3 is 29.6 Å². The Morgan fingerprint density at radius 1 is 0.842 bits per heavy atom. The largest absolute Gasteiger partial charge is 1.00 e. The van der Waals surface area contributed by atoms with Crippen molar-refractivity contribution in [1.82, 2.24) is 0 Å². The van der Waals surface area contributed by atoms with Crippen LogP contribution in [-0.4, -0.2) is 13.0 Å². The van der Waals surface area contributed by atoms with Crippen molar-refractivity contribution in [3.05, 3.63) is 54.6 Å². The molecule has 0 aliphatic rings. The molecule has 0 saturated carbocycles. The first kappa shape index (κ1) is 14.5. The average Bonchev–Trinajstić information content (AvgIpc) is 2.34. The Morgan fingerprint density at radius 3 is 2.05 bits per heavy atom. The molecule has 3 aromatic carbocycles. The zero-order chi connectivity index (χ0) is 12.8. The molecular weight excluding hydrogens is 271 g/mol. The summed E-state index contributed by atoms with van der Waals surface area (Å²) in [7, 11) is -4.20. The molecule has 0 bridgehead atoms. The molecule has 0 spiro atoms. The van der Waals surface area contributed by atoms with Gasteiger partial charge in [0.2, 0.25) is 0 Å². The van der Waals surface area contributed by atoms with Crippen LogP contribution in [0, 0.1) is 0 Å². The number of rotatable bonds is 1. The van der Waals surface area contributed by atoms with E-state index < -0.39 is 10.1 Å². The van der Waals surface area contributed by atoms with E-state index in [0.717, 1.165) is 16.2 Å². The monoisotopic (exact) mass is 282 g/mol. The van der Waals surface area contributed by atoms with E-state index >= 15 is 0 Å². The molecule has 5 heteroatoms. The molecule has 0 aromatic heterocycles. The first-order valence-electron chi connectivity index (χ1n) is 5.45. The predicted molar refractivity (Wildman–Crippen MR) is 72.4 cm³/mol. The van der Waals surface area contributed by atoms with Crippen LogP contribution in [0.4, 0.5) is 0 Å². The van der Waals surface area contributed by atoms with Gasteiger partial charge in [0.05, 0.1) is 0 Å². The van der Waals surface area contributed by atoms with E-state index in [1.54, 1.807) is 12.1 Å². The summed E-state index contributed by atoms with van der Waals surface area (Å²) >= 11 is 0. The Bertz CT molecular complexity index is 863. The summed E-state index contributed by atoms with van der Waals surface area (Å²) in [4.78, 5) is -0.0502. The van der Waals surface area contributed by atoms with E-state index in [2.05, 4.69) is 0 Å². The maximum Gasteiger partial charge on any atom is 1.00 e. The second-order valence-corrected chi connectivity index (χ2v) is 5.54. The first-order valence-corrected chi connectivity index (χ1v) is 6.89. The number of benzene rings is 3. The topological polar surface area (TPSA) is 54.4 Å². The summed E-state index contributed by atoms with van der Waals surface area (Å²) in [5.41, 5.74) is 0. The molecule has 1 N–H and O–H groups in total. The molecule has 0 aliphatic heterocycles. The van der Waals surface area contributed by atoms with Gasteiger partial charge in [-0.15, -0.1) is 0 Å². The Balaban J connectivity index is 0.000001000. The molecule has 3 rings (SSSR count). The van der Waals surface area contributed by atoms with Crippen LogP contribution in [0.15, 0.2) is 59.5 Å². The van der Waals surface area contributed by atoms with E-state index in [1.165, 1.54) is 6.07 Å². The van der Waals surface area contributed by atoms with Crippen LogP contribution in [-0.2, 0) is 10.1 Å². The molecule has 0 atom stereocenters. The van der Waals surface area contributed by atoms with Crippen molar-refractivity contribution in [1.29, 1.82) is 0 Å². The summed E-state index contributed by atoms with van der Waals surface area (Å²) in [6.45, 7) is 0. The van der Waals surface area contributed by atoms with Crippen LogP contribution in [0.5, 0.6) is 0 Å². The smallest absolute Gasteiger partial charge is 1.00 e. The van der Waals surface area contributed by atoms with Crippen LogP contribution < -0.4 is 29.6 Å². The van der Waals surface area contributed by atoms with Gasteiger partial charge < -0.3 is 1.43 Å². The second kappa shape index (κ2) is 5.23. The fourth-order valence-corrected chi connectivity index (χ4v) is 2.87. The number of fused-ring (bicyclic) bond motifs is 2. The Labute approximate surface area is 134 Å². The SMILES string of the molecule is O=S(=O)(O)c1cccc2cc3ccccc3cc12.[H-].[Na+]. The van der Waals surface area contributed by atoms with Crippen molar-refractivity contribution < 1.29 is 44.0 Å². The van der Waals surface area contributed by atoms with E-state index in [0.29, 0.717) is 5.39 Å². The van der Waals surface area contributed by atoms with Gasteiger partial charge in [0.25, 0.3) is 10.1 Å². The van der Waals surface area contributed by atoms with Crippen molar-refractivity contribution in [3.8, 4) is 0 Å². The van der Waals surface area contributed by atoms with Gasteiger partial charge in [0.1, 0.15) is 4.90 Å². The minimum Gasteiger partial charge on any atom is -1.00 e. The molecule has 19 heavy (non-hydrogen) atoms. The molecule has 3 nitrogen and oxygen atoms in total. The molecule has 92 valence electrons. The van der Waals surface area contributed by atoms with Gasteiger partial charge in [0.15, 0.2) is 0 Å². The average molecular weight is 282 g/mol. The van der Waals surface area contributed by atoms with Crippen molar-refractivity contribution >= 4 is 31.7 Å². The maximum absolute atomic E-state index is 11.3. The molecule has 0 heterocycles. The molecule has 0 radical (unpaired) electrons. The predicted octanol–water partition coefficient (Wildman–Crippen LogP) is 0.356. The van der Waals surface area contributed by atoms with Crippen molar-refractivity contribution in [2.24, 2.45) is 0 Å². The third kappa shape index (κ3) is 2.68. The van der Waals surface area contributed by atoms with Crippen LogP contribution in [0.1, 0.15) is 1.43 Å². The minimum absolute atomic E-state index is 0. The van der Waals surface area contributed by atoms with Crippen LogP contribution >= 0.6 is 0 Å². The first-order chi connectivity index (χ1) is 8.55. The van der Waals surface area contributed by atoms with Crippen molar-refractivity contribution in [2.45, 2.75) is 4.90 Å². The zero-order valence-corrected chi connectivity index (χ0v) is 13.2. The van der Waals surface area contributed by atoms with Crippen LogP contribution in [0.2, 0.25) is 0 Å². The third-order valence-electron chi connectivity index (χ3n) is 2.98. The molecular formula is C14H11NaO3S. The van der Waals surface area contributed by atoms with Gasteiger partial charge in [-0.05, 0) is 34.4 Å². The zero-order valence-electron chi connectivity index (χ0n) is 11.4. The molecule has 0 unspecified atom stereocenters. The van der Waals surface area contributed by atoms with E-state index in [4.69, 9.17) is 0 Å². The van der Waals surface area contributed by atoms with Crippen molar-refractivity contribution in [2.75, 3.05) is 0 Å². The third-order valence-corrected chi connectivity index (χ3v) is 3.90. The summed E-state index contributed by atoms with van der Waals surface area (Å²) in [5, 5.41) is 3.32. The van der Waals surface area contributed by atoms with E-state index in [-0.39, 0.29) is 35.9 Å². The van der Waals surface area contributed by atoms with Gasteiger partial charge in [-0.1, -0.05) is 36.4 Å². The minimum atomic E-state index is -4.20. The Hall–Kier alpha value is -0.910. The van der Waals surface area contributed by atoms with Crippen molar-refractivity contribution in [3.63, 3.8) is 0 Å². The standard InChI is InChI=1S/C14H10O3S.Na.H/c15-18(16,17)14-7-3-6-12-8-10-4-1-2-5-11(10)9-13(12)14;;/h1-9H,(H,15,16,17);;/q;+1;-1. The molecule has 0 aliphatic carbocycles. The van der Waals surface area contributed by atoms with Gasteiger partial charge in [-0.3, -0.25) is 4.55 Å². The van der Waals surface area contributed by atoms with Crippen LogP contribution in [0.25, 0.3) is 21.5 Å². The fraction of sp³-hybridized carbons (Fsp3) is 0. The number of hydrogen-bond acceptors (Lipinski definition) is 2. The summed E-state index contributed by atoms with van der Waals surface area (Å²) in [6.07, 6.45) is 0. The van der Waals surface area contributed by atoms with E-state index in [1.807, 2.05) is 36.4 Å². The summed E-state index contributed by atoms with van der Waals surface area (Å²) < 4.78 is 31.9. The molecule has 3 aromatic rings. The molecule has 0 amide bonds. The van der Waals surface area contributed by atoms with E-state index in [9.17, 15) is 13.0 Å². The second-order valence-electron chi connectivity index (χ2n) is 4.15. The quantitative estimate of drug-likeness (QED) is 0.398. The maximum atomic E-state index is 11.3. The molecule has 0 fully saturated rings. The normalized spacial score (nSPS) is 11.4. The van der Waals surface area contributed by atoms with Gasteiger partial charge in [0, 0.05) is 5.39 Å². The summed E-state index contributed by atoms with van der Waals surface area (Å²) in [5.74, 6) is 0. The number of hydrogen-bond donors (Lipinski definition) is 1. The van der Waals surface area contributed by atoms with Gasteiger partial charge in [-0.2, -0.15) is 8.42 Å². The summed E-state index contributed by atoms with van der Waals surface area (Å²) in [6, 6.07) is 16.3. The van der Waals surface area contributed by atoms with Crippen LogP contribution in [0.3, 0.4) is 0 Å². The Morgan fingerprint density at radius 2 is 1.42 bits per heavy atom. The van der Waals surface area contributed by atoms with Gasteiger partial charge in [-0.25, -0.2) is 0 Å².